The third kappa shape index (κ3) is 4.92. The van der Waals surface area contributed by atoms with Crippen LogP contribution in [0.5, 0.6) is 0 Å². The van der Waals surface area contributed by atoms with Gasteiger partial charge in [0.25, 0.3) is 0 Å². The van der Waals surface area contributed by atoms with Gasteiger partial charge in [0.2, 0.25) is 0 Å². The van der Waals surface area contributed by atoms with E-state index in [1.54, 1.807) is 7.11 Å². The van der Waals surface area contributed by atoms with Gasteiger partial charge in [0.15, 0.2) is 0 Å². The number of rotatable bonds is 7. The Hall–Kier alpha value is -0.160. The fourth-order valence-corrected chi connectivity index (χ4v) is 2.55. The second kappa shape index (κ2) is 8.03. The first-order valence-corrected chi connectivity index (χ1v) is 6.68. The van der Waals surface area contributed by atoms with E-state index in [0.717, 1.165) is 26.2 Å². The van der Waals surface area contributed by atoms with Crippen molar-refractivity contribution in [2.75, 3.05) is 47.0 Å². The minimum absolute atomic E-state index is 0.383. The zero-order valence-corrected chi connectivity index (χ0v) is 11.7. The molecule has 3 unspecified atom stereocenters. The molecule has 0 radical (unpaired) electrons. The molecule has 0 saturated carbocycles. The molecule has 0 spiro atoms. The van der Waals surface area contributed by atoms with Crippen LogP contribution < -0.4 is 5.32 Å². The van der Waals surface area contributed by atoms with Crippen LogP contribution in [0.25, 0.3) is 0 Å². The average Bonchev–Trinajstić information content (AvgIpc) is 2.32. The number of hydrogen-bond donors (Lipinski definition) is 1. The second-order valence-corrected chi connectivity index (χ2v) is 5.01. The summed E-state index contributed by atoms with van der Waals surface area (Å²) in [6, 6.07) is 0.427. The molecule has 102 valence electrons. The van der Waals surface area contributed by atoms with Crippen LogP contribution in [-0.2, 0) is 9.47 Å². The molecular formula is C13H28N2O2. The van der Waals surface area contributed by atoms with Gasteiger partial charge in [-0.05, 0) is 25.4 Å². The van der Waals surface area contributed by atoms with E-state index in [1.807, 2.05) is 7.11 Å². The summed E-state index contributed by atoms with van der Waals surface area (Å²) in [7, 11) is 3.59. The monoisotopic (exact) mass is 244 g/mol. The summed E-state index contributed by atoms with van der Waals surface area (Å²) < 4.78 is 10.8. The highest BCUT2D eigenvalue weighted by Crippen LogP contribution is 2.19. The quantitative estimate of drug-likeness (QED) is 0.723. The molecule has 3 atom stereocenters. The van der Waals surface area contributed by atoms with E-state index in [-0.39, 0.29) is 0 Å². The molecule has 0 aromatic carbocycles. The van der Waals surface area contributed by atoms with Crippen molar-refractivity contribution < 1.29 is 9.47 Å². The molecule has 0 amide bonds. The van der Waals surface area contributed by atoms with Gasteiger partial charge in [-0.25, -0.2) is 0 Å². The standard InChI is InChI=1S/C13H28N2O2/c1-5-14-12(10-16-3)8-15-7-6-11(2)13(9-15)17-4/h11-14H,5-10H2,1-4H3. The van der Waals surface area contributed by atoms with Crippen LogP contribution in [0.15, 0.2) is 0 Å². The maximum absolute atomic E-state index is 5.54. The van der Waals surface area contributed by atoms with Crippen molar-refractivity contribution in [3.63, 3.8) is 0 Å². The SMILES string of the molecule is CCNC(COC)CN1CCC(C)C(OC)C1. The van der Waals surface area contributed by atoms with E-state index in [4.69, 9.17) is 9.47 Å². The highest BCUT2D eigenvalue weighted by atomic mass is 16.5. The van der Waals surface area contributed by atoms with Gasteiger partial charge in [0.1, 0.15) is 0 Å². The van der Waals surface area contributed by atoms with Crippen molar-refractivity contribution in [1.82, 2.24) is 10.2 Å². The molecule has 1 aliphatic heterocycles. The fraction of sp³-hybridized carbons (Fsp3) is 1.00. The van der Waals surface area contributed by atoms with Crippen LogP contribution >= 0.6 is 0 Å². The molecule has 0 aromatic rings. The summed E-state index contributed by atoms with van der Waals surface area (Å²) in [5.41, 5.74) is 0. The lowest BCUT2D eigenvalue weighted by molar-refractivity contribution is -0.0100. The molecule has 4 heteroatoms. The fourth-order valence-electron chi connectivity index (χ4n) is 2.55. The summed E-state index contributed by atoms with van der Waals surface area (Å²) in [6.45, 7) is 9.45. The molecule has 1 N–H and O–H groups in total. The van der Waals surface area contributed by atoms with Crippen LogP contribution in [0.4, 0.5) is 0 Å². The Bertz CT molecular complexity index is 196. The minimum atomic E-state index is 0.383. The van der Waals surface area contributed by atoms with E-state index in [9.17, 15) is 0 Å². The molecule has 0 aromatic heterocycles. The highest BCUT2D eigenvalue weighted by molar-refractivity contribution is 4.81. The maximum atomic E-state index is 5.54. The van der Waals surface area contributed by atoms with Crippen LogP contribution in [0.1, 0.15) is 20.3 Å². The van der Waals surface area contributed by atoms with Crippen LogP contribution in [0.2, 0.25) is 0 Å². The Labute approximate surface area is 106 Å². The Kier molecular flexibility index (Phi) is 7.04. The summed E-state index contributed by atoms with van der Waals surface area (Å²) >= 11 is 0. The molecule has 1 aliphatic rings. The van der Waals surface area contributed by atoms with Crippen LogP contribution in [0, 0.1) is 5.92 Å². The lowest BCUT2D eigenvalue weighted by Gasteiger charge is -2.37. The molecule has 0 bridgehead atoms. The molecular weight excluding hydrogens is 216 g/mol. The van der Waals surface area contributed by atoms with Gasteiger partial charge in [-0.15, -0.1) is 0 Å². The summed E-state index contributed by atoms with van der Waals surface area (Å²) in [5.74, 6) is 0.677. The summed E-state index contributed by atoms with van der Waals surface area (Å²) in [4.78, 5) is 2.49. The predicted octanol–water partition coefficient (Wildman–Crippen LogP) is 0.968. The lowest BCUT2D eigenvalue weighted by atomic mass is 9.95. The number of methoxy groups -OCH3 is 2. The van der Waals surface area contributed by atoms with Gasteiger partial charge < -0.3 is 14.8 Å². The minimum Gasteiger partial charge on any atom is -0.383 e. The van der Waals surface area contributed by atoms with E-state index in [0.29, 0.717) is 18.1 Å². The average molecular weight is 244 g/mol. The number of likely N-dealkylation sites (N-methyl/N-ethyl adjacent to an activating group) is 1. The Morgan fingerprint density at radius 2 is 2.18 bits per heavy atom. The third-order valence-electron chi connectivity index (χ3n) is 3.62. The van der Waals surface area contributed by atoms with Gasteiger partial charge in [0, 0.05) is 33.4 Å². The molecule has 1 heterocycles. The number of likely N-dealkylation sites (tertiary alicyclic amines) is 1. The summed E-state index contributed by atoms with van der Waals surface area (Å²) in [6.07, 6.45) is 1.61. The Morgan fingerprint density at radius 1 is 1.41 bits per heavy atom. The predicted molar refractivity (Wildman–Crippen MR) is 70.4 cm³/mol. The molecule has 17 heavy (non-hydrogen) atoms. The number of hydrogen-bond acceptors (Lipinski definition) is 4. The van der Waals surface area contributed by atoms with Crippen molar-refractivity contribution in [2.24, 2.45) is 5.92 Å². The smallest absolute Gasteiger partial charge is 0.0724 e. The third-order valence-corrected chi connectivity index (χ3v) is 3.62. The van der Waals surface area contributed by atoms with Crippen LogP contribution in [0.3, 0.4) is 0 Å². The number of nitrogens with zero attached hydrogens (tertiary/aromatic N) is 1. The molecule has 1 saturated heterocycles. The number of piperidine rings is 1. The van der Waals surface area contributed by atoms with Gasteiger partial charge in [0.05, 0.1) is 12.7 Å². The largest absolute Gasteiger partial charge is 0.383 e. The molecule has 1 rings (SSSR count). The van der Waals surface area contributed by atoms with Gasteiger partial charge >= 0.3 is 0 Å². The van der Waals surface area contributed by atoms with Gasteiger partial charge in [-0.3, -0.25) is 4.90 Å². The van der Waals surface area contributed by atoms with Crippen molar-refractivity contribution >= 4 is 0 Å². The zero-order chi connectivity index (χ0) is 12.7. The Morgan fingerprint density at radius 3 is 2.76 bits per heavy atom. The lowest BCUT2D eigenvalue weighted by Crippen LogP contribution is -2.50. The first-order chi connectivity index (χ1) is 8.21. The first kappa shape index (κ1) is 14.9. The van der Waals surface area contributed by atoms with Crippen molar-refractivity contribution in [3.8, 4) is 0 Å². The van der Waals surface area contributed by atoms with Crippen LogP contribution in [-0.4, -0.2) is 64.1 Å². The number of nitrogens with one attached hydrogen (secondary N) is 1. The molecule has 4 nitrogen and oxygen atoms in total. The van der Waals surface area contributed by atoms with E-state index >= 15 is 0 Å². The first-order valence-electron chi connectivity index (χ1n) is 6.68. The van der Waals surface area contributed by atoms with Crippen molar-refractivity contribution in [3.05, 3.63) is 0 Å². The Balaban J connectivity index is 2.38. The summed E-state index contributed by atoms with van der Waals surface area (Å²) in [5, 5.41) is 3.47. The number of ether oxygens (including phenoxy) is 2. The molecule has 0 aliphatic carbocycles. The van der Waals surface area contributed by atoms with E-state index < -0.39 is 0 Å². The second-order valence-electron chi connectivity index (χ2n) is 5.01. The molecule has 1 fully saturated rings. The topological polar surface area (TPSA) is 33.7 Å². The van der Waals surface area contributed by atoms with Gasteiger partial charge in [-0.2, -0.15) is 0 Å². The van der Waals surface area contributed by atoms with E-state index in [2.05, 4.69) is 24.1 Å². The van der Waals surface area contributed by atoms with E-state index in [1.165, 1.54) is 13.0 Å². The highest BCUT2D eigenvalue weighted by Gasteiger charge is 2.27. The zero-order valence-electron chi connectivity index (χ0n) is 11.7. The van der Waals surface area contributed by atoms with Gasteiger partial charge in [-0.1, -0.05) is 13.8 Å². The van der Waals surface area contributed by atoms with Crippen molar-refractivity contribution in [2.45, 2.75) is 32.4 Å². The van der Waals surface area contributed by atoms with Crippen molar-refractivity contribution in [1.29, 1.82) is 0 Å². The normalized spacial score (nSPS) is 28.2. The maximum Gasteiger partial charge on any atom is 0.0724 e.